The highest BCUT2D eigenvalue weighted by atomic mass is 19.4. The third kappa shape index (κ3) is 6.53. The van der Waals surface area contributed by atoms with Gasteiger partial charge in [0.1, 0.15) is 23.2 Å². The Labute approximate surface area is 213 Å². The van der Waals surface area contributed by atoms with Gasteiger partial charge in [0.25, 0.3) is 5.91 Å². The molecule has 0 spiro atoms. The fraction of sp³-hybridized carbons (Fsp3) is 0.385. The van der Waals surface area contributed by atoms with Crippen LogP contribution in [0.5, 0.6) is 0 Å². The van der Waals surface area contributed by atoms with E-state index in [2.05, 4.69) is 30.9 Å². The van der Waals surface area contributed by atoms with Crippen molar-refractivity contribution in [2.24, 2.45) is 0 Å². The molecule has 1 unspecified atom stereocenters. The molecule has 0 bridgehead atoms. The molecule has 37 heavy (non-hydrogen) atoms. The maximum atomic E-state index is 13.1. The number of nitrogens with zero attached hydrogens (tertiary/aromatic N) is 3. The van der Waals surface area contributed by atoms with Crippen molar-refractivity contribution in [3.63, 3.8) is 0 Å². The van der Waals surface area contributed by atoms with Crippen LogP contribution >= 0.6 is 0 Å². The molecule has 8 nitrogen and oxygen atoms in total. The van der Waals surface area contributed by atoms with Gasteiger partial charge in [-0.1, -0.05) is 32.9 Å². The SMILES string of the molecule is CC(NC(=O)c1cnc(Nc2ccc3c(c2)CNCC3)nc1Nc1cccc(C(C)(C)C)n1)C(F)(F)F. The lowest BCUT2D eigenvalue weighted by molar-refractivity contribution is -0.149. The molecule has 0 saturated carbocycles. The van der Waals surface area contributed by atoms with E-state index < -0.39 is 18.1 Å². The number of benzene rings is 1. The predicted octanol–water partition coefficient (Wildman–Crippen LogP) is 4.98. The van der Waals surface area contributed by atoms with E-state index in [1.807, 2.05) is 56.4 Å². The highest BCUT2D eigenvalue weighted by Gasteiger charge is 2.37. The van der Waals surface area contributed by atoms with Crippen molar-refractivity contribution in [1.29, 1.82) is 0 Å². The summed E-state index contributed by atoms with van der Waals surface area (Å²) < 4.78 is 39.2. The van der Waals surface area contributed by atoms with Gasteiger partial charge in [-0.05, 0) is 55.3 Å². The number of fused-ring (bicyclic) bond motifs is 1. The second-order valence-electron chi connectivity index (χ2n) is 10.0. The van der Waals surface area contributed by atoms with Gasteiger partial charge in [0, 0.05) is 29.5 Å². The number of hydrogen-bond donors (Lipinski definition) is 4. The van der Waals surface area contributed by atoms with E-state index in [1.165, 1.54) is 11.8 Å². The van der Waals surface area contributed by atoms with Crippen molar-refractivity contribution in [1.82, 2.24) is 25.6 Å². The molecule has 1 amide bonds. The van der Waals surface area contributed by atoms with E-state index >= 15 is 0 Å². The summed E-state index contributed by atoms with van der Waals surface area (Å²) >= 11 is 0. The highest BCUT2D eigenvalue weighted by Crippen LogP contribution is 2.26. The molecule has 3 heterocycles. The van der Waals surface area contributed by atoms with Crippen LogP contribution in [0.3, 0.4) is 0 Å². The molecule has 0 radical (unpaired) electrons. The van der Waals surface area contributed by atoms with Gasteiger partial charge in [-0.2, -0.15) is 18.2 Å². The minimum absolute atomic E-state index is 0.0301. The summed E-state index contributed by atoms with van der Waals surface area (Å²) in [6.07, 6.45) is -2.44. The molecule has 0 aliphatic carbocycles. The quantitative estimate of drug-likeness (QED) is 0.369. The maximum absolute atomic E-state index is 13.1. The summed E-state index contributed by atoms with van der Waals surface area (Å²) in [6.45, 7) is 8.59. The summed E-state index contributed by atoms with van der Waals surface area (Å²) in [6, 6.07) is 9.29. The summed E-state index contributed by atoms with van der Waals surface area (Å²) in [5, 5.41) is 11.4. The molecule has 1 aliphatic rings. The standard InChI is InChI=1S/C26H30F3N7O/c1-15(26(27,28)29)32-23(37)19-14-31-24(33-18-9-8-16-10-11-30-13-17(16)12-18)36-22(19)35-21-7-5-6-20(34-21)25(2,3)4/h5-9,12,14-15,30H,10-11,13H2,1-4H3,(H,32,37)(H2,31,33,34,35,36). The van der Waals surface area contributed by atoms with Crippen LogP contribution in [0.1, 0.15) is 54.9 Å². The van der Waals surface area contributed by atoms with E-state index in [0.717, 1.165) is 43.4 Å². The molecule has 1 aliphatic heterocycles. The van der Waals surface area contributed by atoms with Crippen molar-refractivity contribution in [3.05, 3.63) is 65.0 Å². The van der Waals surface area contributed by atoms with Gasteiger partial charge < -0.3 is 21.3 Å². The van der Waals surface area contributed by atoms with Gasteiger partial charge in [-0.25, -0.2) is 9.97 Å². The highest BCUT2D eigenvalue weighted by molar-refractivity contribution is 5.99. The number of alkyl halides is 3. The molecule has 4 N–H and O–H groups in total. The average molecular weight is 514 g/mol. The smallest absolute Gasteiger partial charge is 0.340 e. The molecule has 0 fully saturated rings. The summed E-state index contributed by atoms with van der Waals surface area (Å²) in [7, 11) is 0. The van der Waals surface area contributed by atoms with E-state index in [4.69, 9.17) is 0 Å². The Morgan fingerprint density at radius 1 is 1.05 bits per heavy atom. The number of carbonyl (C=O) groups is 1. The third-order valence-electron chi connectivity index (χ3n) is 5.98. The number of aromatic nitrogens is 3. The number of pyridine rings is 1. The maximum Gasteiger partial charge on any atom is 0.408 e. The normalized spacial score (nSPS) is 14.5. The molecular weight excluding hydrogens is 483 g/mol. The van der Waals surface area contributed by atoms with Crippen molar-refractivity contribution in [2.75, 3.05) is 17.2 Å². The van der Waals surface area contributed by atoms with Crippen molar-refractivity contribution in [2.45, 2.75) is 58.3 Å². The first-order valence-corrected chi connectivity index (χ1v) is 12.0. The Morgan fingerprint density at radius 3 is 2.57 bits per heavy atom. The summed E-state index contributed by atoms with van der Waals surface area (Å²) in [5.41, 5.74) is 3.60. The molecule has 1 atom stereocenters. The van der Waals surface area contributed by atoms with Gasteiger partial charge in [0.05, 0.1) is 0 Å². The lowest BCUT2D eigenvalue weighted by Gasteiger charge is -2.20. The van der Waals surface area contributed by atoms with Crippen LogP contribution in [0.25, 0.3) is 0 Å². The van der Waals surface area contributed by atoms with Crippen LogP contribution in [-0.2, 0) is 18.4 Å². The Balaban J connectivity index is 1.66. The number of hydrogen-bond acceptors (Lipinski definition) is 7. The van der Waals surface area contributed by atoms with Gasteiger partial charge in [0.2, 0.25) is 5.95 Å². The number of rotatable bonds is 6. The first-order valence-electron chi connectivity index (χ1n) is 12.0. The van der Waals surface area contributed by atoms with E-state index in [-0.39, 0.29) is 22.7 Å². The van der Waals surface area contributed by atoms with Gasteiger partial charge in [-0.3, -0.25) is 4.79 Å². The van der Waals surface area contributed by atoms with Gasteiger partial charge in [0.15, 0.2) is 0 Å². The number of carbonyl (C=O) groups excluding carboxylic acids is 1. The zero-order valence-corrected chi connectivity index (χ0v) is 21.1. The van der Waals surface area contributed by atoms with Crippen LogP contribution in [0, 0.1) is 0 Å². The molecule has 3 aromatic rings. The van der Waals surface area contributed by atoms with Crippen molar-refractivity contribution < 1.29 is 18.0 Å². The topological polar surface area (TPSA) is 104 Å². The zero-order chi connectivity index (χ0) is 26.8. The van der Waals surface area contributed by atoms with Gasteiger partial charge in [-0.15, -0.1) is 0 Å². The molecule has 0 saturated heterocycles. The minimum atomic E-state index is -4.59. The molecule has 2 aromatic heterocycles. The second-order valence-corrected chi connectivity index (χ2v) is 10.0. The van der Waals surface area contributed by atoms with Crippen LogP contribution in [0.15, 0.2) is 42.6 Å². The molecule has 196 valence electrons. The Hall–Kier alpha value is -3.73. The molecule has 4 rings (SSSR count). The number of anilines is 4. The third-order valence-corrected chi connectivity index (χ3v) is 5.98. The largest absolute Gasteiger partial charge is 0.408 e. The number of nitrogens with one attached hydrogen (secondary N) is 4. The van der Waals surface area contributed by atoms with Crippen molar-refractivity contribution in [3.8, 4) is 0 Å². The van der Waals surface area contributed by atoms with Crippen molar-refractivity contribution >= 4 is 29.2 Å². The van der Waals surface area contributed by atoms with E-state index in [0.29, 0.717) is 5.82 Å². The molecule has 11 heteroatoms. The zero-order valence-electron chi connectivity index (χ0n) is 21.1. The number of amides is 1. The first-order chi connectivity index (χ1) is 17.4. The predicted molar refractivity (Wildman–Crippen MR) is 136 cm³/mol. The second kappa shape index (κ2) is 10.3. The Bertz CT molecular complexity index is 1290. The lowest BCUT2D eigenvalue weighted by atomic mass is 9.92. The van der Waals surface area contributed by atoms with Crippen LogP contribution in [-0.4, -0.2) is 39.6 Å². The fourth-order valence-corrected chi connectivity index (χ4v) is 3.79. The first kappa shape index (κ1) is 26.3. The lowest BCUT2D eigenvalue weighted by Crippen LogP contribution is -2.43. The minimum Gasteiger partial charge on any atom is -0.340 e. The Morgan fingerprint density at radius 2 is 1.84 bits per heavy atom. The average Bonchev–Trinajstić information content (AvgIpc) is 2.83. The van der Waals surface area contributed by atoms with Gasteiger partial charge >= 0.3 is 6.18 Å². The van der Waals surface area contributed by atoms with Crippen LogP contribution in [0.2, 0.25) is 0 Å². The van der Waals surface area contributed by atoms with Crippen LogP contribution < -0.4 is 21.3 Å². The summed E-state index contributed by atoms with van der Waals surface area (Å²) in [4.78, 5) is 26.0. The Kier molecular flexibility index (Phi) is 7.35. The fourth-order valence-electron chi connectivity index (χ4n) is 3.79. The summed E-state index contributed by atoms with van der Waals surface area (Å²) in [5.74, 6) is -0.346. The molecular formula is C26H30F3N7O. The number of halogens is 3. The monoisotopic (exact) mass is 513 g/mol. The van der Waals surface area contributed by atoms with E-state index in [1.54, 1.807) is 6.07 Å². The molecule has 1 aromatic carbocycles. The van der Waals surface area contributed by atoms with Crippen LogP contribution in [0.4, 0.5) is 36.4 Å². The van der Waals surface area contributed by atoms with E-state index in [9.17, 15) is 18.0 Å².